The van der Waals surface area contributed by atoms with Gasteiger partial charge in [0.1, 0.15) is 0 Å². The van der Waals surface area contributed by atoms with Crippen LogP contribution in [0.25, 0.3) is 0 Å². The fourth-order valence-corrected chi connectivity index (χ4v) is 2.46. The summed E-state index contributed by atoms with van der Waals surface area (Å²) in [7, 11) is 0. The van der Waals surface area contributed by atoms with Crippen molar-refractivity contribution in [2.75, 3.05) is 32.8 Å². The quantitative estimate of drug-likeness (QED) is 0.830. The summed E-state index contributed by atoms with van der Waals surface area (Å²) in [5.74, 6) is 0.0915. The molecular formula is C17H24N2O3. The first kappa shape index (κ1) is 16.5. The fraction of sp³-hybridized carbons (Fsp3) is 0.529. The molecule has 1 saturated heterocycles. The van der Waals surface area contributed by atoms with Crippen LogP contribution in [0.2, 0.25) is 0 Å². The number of hydrogen-bond acceptors (Lipinski definition) is 3. The molecule has 1 fully saturated rings. The highest BCUT2D eigenvalue weighted by Gasteiger charge is 2.18. The Kier molecular flexibility index (Phi) is 5.95. The van der Waals surface area contributed by atoms with Gasteiger partial charge in [-0.15, -0.1) is 0 Å². The molecule has 1 aromatic rings. The van der Waals surface area contributed by atoms with E-state index in [1.165, 1.54) is 5.56 Å². The van der Waals surface area contributed by atoms with E-state index in [-0.39, 0.29) is 11.8 Å². The largest absolute Gasteiger partial charge is 0.378 e. The van der Waals surface area contributed by atoms with Gasteiger partial charge in [-0.05, 0) is 12.5 Å². The zero-order valence-corrected chi connectivity index (χ0v) is 13.4. The predicted octanol–water partition coefficient (Wildman–Crippen LogP) is 1.59. The number of rotatable bonds is 5. The highest BCUT2D eigenvalue weighted by atomic mass is 16.5. The molecule has 1 aliphatic heterocycles. The van der Waals surface area contributed by atoms with Gasteiger partial charge < -0.3 is 14.5 Å². The van der Waals surface area contributed by atoms with E-state index in [1.807, 2.05) is 36.1 Å². The highest BCUT2D eigenvalue weighted by Crippen LogP contribution is 2.09. The van der Waals surface area contributed by atoms with E-state index in [2.05, 4.69) is 0 Å². The van der Waals surface area contributed by atoms with Crippen LogP contribution in [0, 0.1) is 6.92 Å². The SMILES string of the molecule is CC(=O)N(CCC(=O)N1CCOCC1)Cc1ccc(C)cc1. The summed E-state index contributed by atoms with van der Waals surface area (Å²) >= 11 is 0. The number of carbonyl (C=O) groups is 2. The van der Waals surface area contributed by atoms with Gasteiger partial charge in [0.05, 0.1) is 13.2 Å². The molecule has 2 rings (SSSR count). The lowest BCUT2D eigenvalue weighted by atomic mass is 10.1. The average molecular weight is 304 g/mol. The molecule has 0 aromatic heterocycles. The highest BCUT2D eigenvalue weighted by molar-refractivity contribution is 5.78. The Hall–Kier alpha value is -1.88. The first-order chi connectivity index (χ1) is 10.6. The molecule has 1 aromatic carbocycles. The summed E-state index contributed by atoms with van der Waals surface area (Å²) in [6.07, 6.45) is 0.367. The molecular weight excluding hydrogens is 280 g/mol. The Morgan fingerprint density at radius 3 is 2.41 bits per heavy atom. The Bertz CT molecular complexity index is 507. The monoisotopic (exact) mass is 304 g/mol. The molecule has 5 heteroatoms. The lowest BCUT2D eigenvalue weighted by Crippen LogP contribution is -2.42. The van der Waals surface area contributed by atoms with Crippen molar-refractivity contribution in [3.05, 3.63) is 35.4 Å². The molecule has 0 aliphatic carbocycles. The van der Waals surface area contributed by atoms with E-state index >= 15 is 0 Å². The van der Waals surface area contributed by atoms with Gasteiger partial charge >= 0.3 is 0 Å². The second-order valence-corrected chi connectivity index (χ2v) is 5.67. The van der Waals surface area contributed by atoms with Crippen molar-refractivity contribution in [3.8, 4) is 0 Å². The number of ether oxygens (including phenoxy) is 1. The molecule has 120 valence electrons. The van der Waals surface area contributed by atoms with Gasteiger partial charge in [-0.2, -0.15) is 0 Å². The molecule has 1 heterocycles. The van der Waals surface area contributed by atoms with E-state index in [4.69, 9.17) is 4.74 Å². The van der Waals surface area contributed by atoms with Crippen LogP contribution in [0.4, 0.5) is 0 Å². The van der Waals surface area contributed by atoms with Gasteiger partial charge in [0, 0.05) is 39.5 Å². The first-order valence-electron chi connectivity index (χ1n) is 7.73. The average Bonchev–Trinajstić information content (AvgIpc) is 2.53. The topological polar surface area (TPSA) is 49.9 Å². The van der Waals surface area contributed by atoms with Crippen molar-refractivity contribution in [3.63, 3.8) is 0 Å². The fourth-order valence-electron chi connectivity index (χ4n) is 2.46. The van der Waals surface area contributed by atoms with Gasteiger partial charge in [-0.3, -0.25) is 9.59 Å². The van der Waals surface area contributed by atoms with Crippen LogP contribution < -0.4 is 0 Å². The number of morpholine rings is 1. The standard InChI is InChI=1S/C17H24N2O3/c1-14-3-5-16(6-4-14)13-19(15(2)20)8-7-17(21)18-9-11-22-12-10-18/h3-6H,7-13H2,1-2H3. The van der Waals surface area contributed by atoms with Crippen LogP contribution in [0.15, 0.2) is 24.3 Å². The minimum atomic E-state index is -0.00430. The molecule has 5 nitrogen and oxygen atoms in total. The lowest BCUT2D eigenvalue weighted by molar-refractivity contribution is -0.136. The van der Waals surface area contributed by atoms with Crippen LogP contribution in [0.1, 0.15) is 24.5 Å². The molecule has 2 amide bonds. The Balaban J connectivity index is 1.87. The number of amides is 2. The van der Waals surface area contributed by atoms with Crippen molar-refractivity contribution < 1.29 is 14.3 Å². The van der Waals surface area contributed by atoms with E-state index in [0.717, 1.165) is 5.56 Å². The molecule has 0 radical (unpaired) electrons. The van der Waals surface area contributed by atoms with E-state index in [9.17, 15) is 9.59 Å². The summed E-state index contributed by atoms with van der Waals surface area (Å²) < 4.78 is 5.24. The van der Waals surface area contributed by atoms with Crippen LogP contribution in [-0.2, 0) is 20.9 Å². The summed E-state index contributed by atoms with van der Waals surface area (Å²) in [4.78, 5) is 27.5. The number of carbonyl (C=O) groups excluding carboxylic acids is 2. The minimum Gasteiger partial charge on any atom is -0.378 e. The van der Waals surface area contributed by atoms with Gasteiger partial charge in [-0.1, -0.05) is 29.8 Å². The summed E-state index contributed by atoms with van der Waals surface area (Å²) in [6.45, 7) is 7.09. The third kappa shape index (κ3) is 4.84. The summed E-state index contributed by atoms with van der Waals surface area (Å²) in [5, 5.41) is 0. The molecule has 0 N–H and O–H groups in total. The van der Waals surface area contributed by atoms with Gasteiger partial charge in [-0.25, -0.2) is 0 Å². The maximum atomic E-state index is 12.2. The maximum Gasteiger partial charge on any atom is 0.224 e. The Morgan fingerprint density at radius 1 is 1.18 bits per heavy atom. The van der Waals surface area contributed by atoms with Gasteiger partial charge in [0.2, 0.25) is 11.8 Å². The molecule has 1 aliphatic rings. The number of nitrogens with zero attached hydrogens (tertiary/aromatic N) is 2. The normalized spacial score (nSPS) is 14.7. The zero-order valence-electron chi connectivity index (χ0n) is 13.4. The van der Waals surface area contributed by atoms with Crippen molar-refractivity contribution >= 4 is 11.8 Å². The van der Waals surface area contributed by atoms with Crippen molar-refractivity contribution in [1.29, 1.82) is 0 Å². The molecule has 0 unspecified atom stereocenters. The van der Waals surface area contributed by atoms with Crippen LogP contribution >= 0.6 is 0 Å². The van der Waals surface area contributed by atoms with E-state index < -0.39 is 0 Å². The number of hydrogen-bond donors (Lipinski definition) is 0. The molecule has 0 saturated carbocycles. The number of benzene rings is 1. The molecule has 22 heavy (non-hydrogen) atoms. The summed E-state index contributed by atoms with van der Waals surface area (Å²) in [6, 6.07) is 8.11. The Morgan fingerprint density at radius 2 is 1.82 bits per heavy atom. The maximum absolute atomic E-state index is 12.2. The van der Waals surface area contributed by atoms with E-state index in [0.29, 0.717) is 45.8 Å². The predicted molar refractivity (Wildman–Crippen MR) is 84.3 cm³/mol. The van der Waals surface area contributed by atoms with Crippen molar-refractivity contribution in [1.82, 2.24) is 9.80 Å². The first-order valence-corrected chi connectivity index (χ1v) is 7.73. The van der Waals surface area contributed by atoms with Crippen molar-refractivity contribution in [2.45, 2.75) is 26.8 Å². The van der Waals surface area contributed by atoms with Gasteiger partial charge in [0.15, 0.2) is 0 Å². The van der Waals surface area contributed by atoms with Crippen LogP contribution in [0.3, 0.4) is 0 Å². The molecule has 0 atom stereocenters. The number of aryl methyl sites for hydroxylation is 1. The Labute approximate surface area is 131 Å². The lowest BCUT2D eigenvalue weighted by Gasteiger charge is -2.28. The third-order valence-electron chi connectivity index (χ3n) is 3.90. The van der Waals surface area contributed by atoms with Gasteiger partial charge in [0.25, 0.3) is 0 Å². The molecule has 0 bridgehead atoms. The van der Waals surface area contributed by atoms with E-state index in [1.54, 1.807) is 11.8 Å². The smallest absolute Gasteiger partial charge is 0.224 e. The molecule has 0 spiro atoms. The zero-order chi connectivity index (χ0) is 15.9. The third-order valence-corrected chi connectivity index (χ3v) is 3.90. The van der Waals surface area contributed by atoms with Crippen LogP contribution in [0.5, 0.6) is 0 Å². The van der Waals surface area contributed by atoms with Crippen molar-refractivity contribution in [2.24, 2.45) is 0 Å². The second-order valence-electron chi connectivity index (χ2n) is 5.67. The second kappa shape index (κ2) is 7.94. The van der Waals surface area contributed by atoms with Crippen LogP contribution in [-0.4, -0.2) is 54.5 Å². The minimum absolute atomic E-state index is 0.00430. The summed E-state index contributed by atoms with van der Waals surface area (Å²) in [5.41, 5.74) is 2.28.